The van der Waals surface area contributed by atoms with Crippen molar-refractivity contribution in [3.8, 4) is 0 Å². The molecule has 1 N–H and O–H groups in total. The van der Waals surface area contributed by atoms with Crippen LogP contribution in [-0.2, 0) is 17.6 Å². The first kappa shape index (κ1) is 15.6. The van der Waals surface area contributed by atoms with Gasteiger partial charge in [-0.3, -0.25) is 9.69 Å². The summed E-state index contributed by atoms with van der Waals surface area (Å²) in [6.07, 6.45) is 1.20. The van der Waals surface area contributed by atoms with Crippen molar-refractivity contribution in [3.63, 3.8) is 0 Å². The lowest BCUT2D eigenvalue weighted by Gasteiger charge is -2.18. The Morgan fingerprint density at radius 1 is 1.22 bits per heavy atom. The molecule has 118 valence electrons. The Bertz CT molecular complexity index is 773. The second-order valence-electron chi connectivity index (χ2n) is 5.65. The molecule has 1 aliphatic rings. The number of anilines is 2. The van der Waals surface area contributed by atoms with E-state index in [2.05, 4.69) is 5.32 Å². The van der Waals surface area contributed by atoms with Crippen LogP contribution in [0.4, 0.5) is 16.2 Å². The number of Topliss-reactive ketones (excluding diaryl/α,β-unsaturated/α-hetero) is 1. The SMILES string of the molecule is CC(=O)Cc1ccc(NC(=O)N2CCc3ccccc32)c(Cl)c1. The predicted molar refractivity (Wildman–Crippen MR) is 92.3 cm³/mol. The molecular weight excluding hydrogens is 312 g/mol. The highest BCUT2D eigenvalue weighted by Gasteiger charge is 2.24. The Balaban J connectivity index is 1.75. The summed E-state index contributed by atoms with van der Waals surface area (Å²) in [5.74, 6) is 0.0755. The third-order valence-corrected chi connectivity index (χ3v) is 4.17. The minimum atomic E-state index is -0.198. The highest BCUT2D eigenvalue weighted by molar-refractivity contribution is 6.34. The maximum absolute atomic E-state index is 12.5. The predicted octanol–water partition coefficient (Wildman–Crippen LogP) is 4.07. The minimum Gasteiger partial charge on any atom is -0.306 e. The van der Waals surface area contributed by atoms with Gasteiger partial charge >= 0.3 is 6.03 Å². The number of benzene rings is 2. The second kappa shape index (κ2) is 6.42. The van der Waals surface area contributed by atoms with Crippen LogP contribution in [0.1, 0.15) is 18.1 Å². The van der Waals surface area contributed by atoms with E-state index in [1.807, 2.05) is 24.3 Å². The van der Waals surface area contributed by atoms with Crippen LogP contribution in [-0.4, -0.2) is 18.4 Å². The molecule has 0 saturated heterocycles. The summed E-state index contributed by atoms with van der Waals surface area (Å²) >= 11 is 6.22. The molecule has 23 heavy (non-hydrogen) atoms. The molecule has 5 heteroatoms. The van der Waals surface area contributed by atoms with Gasteiger partial charge in [0, 0.05) is 18.7 Å². The molecule has 2 amide bonds. The van der Waals surface area contributed by atoms with E-state index in [-0.39, 0.29) is 11.8 Å². The van der Waals surface area contributed by atoms with Gasteiger partial charge in [0.25, 0.3) is 0 Å². The first-order chi connectivity index (χ1) is 11.0. The number of nitrogens with zero attached hydrogens (tertiary/aromatic N) is 1. The standard InChI is InChI=1S/C18H17ClN2O2/c1-12(22)10-13-6-7-16(15(19)11-13)20-18(23)21-9-8-14-4-2-3-5-17(14)21/h2-7,11H,8-10H2,1H3,(H,20,23). The van der Waals surface area contributed by atoms with Crippen molar-refractivity contribution < 1.29 is 9.59 Å². The summed E-state index contributed by atoms with van der Waals surface area (Å²) in [5.41, 5.74) is 3.50. The van der Waals surface area contributed by atoms with E-state index in [4.69, 9.17) is 11.6 Å². The molecule has 2 aromatic rings. The van der Waals surface area contributed by atoms with Crippen LogP contribution in [0, 0.1) is 0 Å². The summed E-state index contributed by atoms with van der Waals surface area (Å²) in [4.78, 5) is 25.4. The minimum absolute atomic E-state index is 0.0755. The third kappa shape index (κ3) is 3.37. The van der Waals surface area contributed by atoms with Crippen LogP contribution >= 0.6 is 11.6 Å². The maximum atomic E-state index is 12.5. The molecule has 1 heterocycles. The number of para-hydroxylation sites is 1. The number of hydrogen-bond donors (Lipinski definition) is 1. The quantitative estimate of drug-likeness (QED) is 0.923. The van der Waals surface area contributed by atoms with E-state index in [0.29, 0.717) is 23.7 Å². The zero-order valence-corrected chi connectivity index (χ0v) is 13.6. The molecule has 0 saturated carbocycles. The van der Waals surface area contributed by atoms with Crippen molar-refractivity contribution in [2.45, 2.75) is 19.8 Å². The number of nitrogens with one attached hydrogen (secondary N) is 1. The van der Waals surface area contributed by atoms with Crippen molar-refractivity contribution in [2.24, 2.45) is 0 Å². The molecule has 1 aliphatic heterocycles. The molecule has 4 nitrogen and oxygen atoms in total. The summed E-state index contributed by atoms with van der Waals surface area (Å²) in [7, 11) is 0. The smallest absolute Gasteiger partial charge is 0.306 e. The third-order valence-electron chi connectivity index (χ3n) is 3.86. The summed E-state index contributed by atoms with van der Waals surface area (Å²) in [6.45, 7) is 2.19. The zero-order chi connectivity index (χ0) is 16.4. The van der Waals surface area contributed by atoms with Crippen LogP contribution in [0.3, 0.4) is 0 Å². The normalized spacial score (nSPS) is 12.9. The first-order valence-corrected chi connectivity index (χ1v) is 7.86. The van der Waals surface area contributed by atoms with Crippen LogP contribution < -0.4 is 10.2 Å². The number of halogens is 1. The molecule has 0 radical (unpaired) electrons. The fourth-order valence-electron chi connectivity index (χ4n) is 2.79. The Kier molecular flexibility index (Phi) is 4.35. The molecule has 0 fully saturated rings. The van der Waals surface area contributed by atoms with Crippen LogP contribution in [0.2, 0.25) is 5.02 Å². The number of urea groups is 1. The van der Waals surface area contributed by atoms with E-state index in [0.717, 1.165) is 17.7 Å². The summed E-state index contributed by atoms with van der Waals surface area (Å²) in [5, 5.41) is 3.28. The van der Waals surface area contributed by atoms with Crippen molar-refractivity contribution in [2.75, 3.05) is 16.8 Å². The fourth-order valence-corrected chi connectivity index (χ4v) is 3.04. The van der Waals surface area contributed by atoms with Crippen molar-refractivity contribution in [1.29, 1.82) is 0 Å². The molecular formula is C18H17ClN2O2. The fraction of sp³-hybridized carbons (Fsp3) is 0.222. The molecule has 0 atom stereocenters. The Labute approximate surface area is 140 Å². The number of carbonyl (C=O) groups excluding carboxylic acids is 2. The van der Waals surface area contributed by atoms with Gasteiger partial charge in [-0.2, -0.15) is 0 Å². The molecule has 2 aromatic carbocycles. The molecule has 3 rings (SSSR count). The van der Waals surface area contributed by atoms with Crippen LogP contribution in [0.25, 0.3) is 0 Å². The van der Waals surface area contributed by atoms with Gasteiger partial charge in [0.15, 0.2) is 0 Å². The van der Waals surface area contributed by atoms with Gasteiger partial charge in [0.1, 0.15) is 5.78 Å². The van der Waals surface area contributed by atoms with E-state index in [9.17, 15) is 9.59 Å². The van der Waals surface area contributed by atoms with E-state index >= 15 is 0 Å². The number of hydrogen-bond acceptors (Lipinski definition) is 2. The molecule has 0 aromatic heterocycles. The lowest BCUT2D eigenvalue weighted by atomic mass is 10.1. The van der Waals surface area contributed by atoms with Gasteiger partial charge in [0.05, 0.1) is 10.7 Å². The van der Waals surface area contributed by atoms with Crippen LogP contribution in [0.5, 0.6) is 0 Å². The Hall–Kier alpha value is -2.33. The maximum Gasteiger partial charge on any atom is 0.326 e. The number of amides is 2. The van der Waals surface area contributed by atoms with Gasteiger partial charge in [-0.1, -0.05) is 35.9 Å². The topological polar surface area (TPSA) is 49.4 Å². The lowest BCUT2D eigenvalue weighted by Crippen LogP contribution is -2.33. The average Bonchev–Trinajstić information content (AvgIpc) is 2.93. The first-order valence-electron chi connectivity index (χ1n) is 7.49. The van der Waals surface area contributed by atoms with Crippen molar-refractivity contribution >= 4 is 34.8 Å². The number of rotatable bonds is 3. The highest BCUT2D eigenvalue weighted by Crippen LogP contribution is 2.29. The second-order valence-corrected chi connectivity index (χ2v) is 6.06. The number of carbonyl (C=O) groups is 2. The Morgan fingerprint density at radius 3 is 2.74 bits per heavy atom. The Morgan fingerprint density at radius 2 is 2.00 bits per heavy atom. The molecule has 0 aliphatic carbocycles. The largest absolute Gasteiger partial charge is 0.326 e. The monoisotopic (exact) mass is 328 g/mol. The van der Waals surface area contributed by atoms with E-state index in [1.54, 1.807) is 23.1 Å². The van der Waals surface area contributed by atoms with Crippen molar-refractivity contribution in [3.05, 3.63) is 58.6 Å². The highest BCUT2D eigenvalue weighted by atomic mass is 35.5. The van der Waals surface area contributed by atoms with E-state index in [1.165, 1.54) is 12.5 Å². The van der Waals surface area contributed by atoms with Crippen molar-refractivity contribution in [1.82, 2.24) is 0 Å². The molecule has 0 bridgehead atoms. The number of fused-ring (bicyclic) bond motifs is 1. The summed E-state index contributed by atoms with van der Waals surface area (Å²) < 4.78 is 0. The van der Waals surface area contributed by atoms with Gasteiger partial charge in [-0.25, -0.2) is 4.79 Å². The van der Waals surface area contributed by atoms with Crippen LogP contribution in [0.15, 0.2) is 42.5 Å². The van der Waals surface area contributed by atoms with Gasteiger partial charge < -0.3 is 5.32 Å². The lowest BCUT2D eigenvalue weighted by molar-refractivity contribution is -0.116. The van der Waals surface area contributed by atoms with Gasteiger partial charge in [-0.15, -0.1) is 0 Å². The van der Waals surface area contributed by atoms with E-state index < -0.39 is 0 Å². The number of ketones is 1. The van der Waals surface area contributed by atoms with Gasteiger partial charge in [-0.05, 0) is 42.7 Å². The van der Waals surface area contributed by atoms with Gasteiger partial charge in [0.2, 0.25) is 0 Å². The zero-order valence-electron chi connectivity index (χ0n) is 12.8. The molecule has 0 spiro atoms. The summed E-state index contributed by atoms with van der Waals surface area (Å²) in [6, 6.07) is 12.9. The average molecular weight is 329 g/mol. The molecule has 0 unspecified atom stereocenters.